The van der Waals surface area contributed by atoms with Crippen LogP contribution in [0.3, 0.4) is 0 Å². The van der Waals surface area contributed by atoms with Gasteiger partial charge in [0.15, 0.2) is 5.82 Å². The molecule has 0 unspecified atom stereocenters. The van der Waals surface area contributed by atoms with Crippen molar-refractivity contribution in [1.29, 1.82) is 0 Å². The third kappa shape index (κ3) is 2.27. The van der Waals surface area contributed by atoms with Gasteiger partial charge in [-0.2, -0.15) is 5.10 Å². The molecule has 0 saturated heterocycles. The smallest absolute Gasteiger partial charge is 0.259 e. The van der Waals surface area contributed by atoms with Crippen LogP contribution in [0, 0.1) is 6.92 Å². The van der Waals surface area contributed by atoms with Crippen LogP contribution in [-0.2, 0) is 0 Å². The summed E-state index contributed by atoms with van der Waals surface area (Å²) in [6.07, 6.45) is 0. The number of aromatic nitrogens is 2. The third-order valence-electron chi connectivity index (χ3n) is 2.23. The van der Waals surface area contributed by atoms with Crippen LogP contribution in [0.1, 0.15) is 23.0 Å². The van der Waals surface area contributed by atoms with Crippen LogP contribution in [-0.4, -0.2) is 45.8 Å². The number of aliphatic hydroxyl groups excluding tert-OH is 1. The molecule has 4 N–H and O–H groups in total. The largest absolute Gasteiger partial charge is 0.395 e. The number of hydrogen-bond donors (Lipinski definition) is 3. The molecule has 0 bridgehead atoms. The zero-order chi connectivity index (χ0) is 11.4. The van der Waals surface area contributed by atoms with Gasteiger partial charge in [-0.3, -0.25) is 9.89 Å². The lowest BCUT2D eigenvalue weighted by atomic mass is 10.2. The Bertz CT molecular complexity index is 328. The van der Waals surface area contributed by atoms with Gasteiger partial charge >= 0.3 is 0 Å². The number of rotatable bonds is 4. The molecule has 1 heterocycles. The topological polar surface area (TPSA) is 95.2 Å². The highest BCUT2D eigenvalue weighted by atomic mass is 16.3. The summed E-state index contributed by atoms with van der Waals surface area (Å²) < 4.78 is 0. The average Bonchev–Trinajstić information content (AvgIpc) is 2.54. The number of nitrogens with zero attached hydrogens (tertiary/aromatic N) is 2. The number of nitrogens with one attached hydrogen (secondary N) is 1. The Hall–Kier alpha value is -1.56. The molecular weight excluding hydrogens is 196 g/mol. The van der Waals surface area contributed by atoms with Crippen molar-refractivity contribution in [2.75, 3.05) is 25.4 Å². The van der Waals surface area contributed by atoms with Gasteiger partial charge in [0.05, 0.1) is 6.61 Å². The molecule has 1 aromatic heterocycles. The molecule has 1 rings (SSSR count). The lowest BCUT2D eigenvalue weighted by molar-refractivity contribution is 0.0732. The van der Waals surface area contributed by atoms with Gasteiger partial charge in [0.2, 0.25) is 0 Å². The lowest BCUT2D eigenvalue weighted by Crippen LogP contribution is -2.33. The number of carbonyl (C=O) groups is 1. The number of anilines is 1. The number of nitrogen functional groups attached to an aromatic ring is 1. The molecule has 0 fully saturated rings. The molecule has 6 heteroatoms. The molecule has 0 aliphatic carbocycles. The van der Waals surface area contributed by atoms with Crippen molar-refractivity contribution >= 4 is 11.7 Å². The molecular formula is C9H16N4O2. The van der Waals surface area contributed by atoms with E-state index >= 15 is 0 Å². The van der Waals surface area contributed by atoms with Crippen molar-refractivity contribution in [1.82, 2.24) is 15.1 Å². The molecule has 1 amide bonds. The van der Waals surface area contributed by atoms with Gasteiger partial charge in [-0.25, -0.2) is 0 Å². The van der Waals surface area contributed by atoms with Gasteiger partial charge in [0.25, 0.3) is 5.91 Å². The summed E-state index contributed by atoms with van der Waals surface area (Å²) in [6.45, 7) is 4.36. The molecule has 15 heavy (non-hydrogen) atoms. The number of hydrogen-bond acceptors (Lipinski definition) is 4. The molecule has 0 radical (unpaired) electrons. The van der Waals surface area contributed by atoms with Gasteiger partial charge in [-0.15, -0.1) is 0 Å². The standard InChI is InChI=1S/C9H16N4O2/c1-3-13(4-5-14)9(15)7-6(2)11-12-8(7)10/h14H,3-5H2,1-2H3,(H3,10,11,12). The first-order valence-electron chi connectivity index (χ1n) is 4.82. The second-order valence-electron chi connectivity index (χ2n) is 3.22. The summed E-state index contributed by atoms with van der Waals surface area (Å²) in [5.41, 5.74) is 6.62. The molecule has 6 nitrogen and oxygen atoms in total. The Morgan fingerprint density at radius 1 is 1.67 bits per heavy atom. The highest BCUT2D eigenvalue weighted by Gasteiger charge is 2.20. The Labute approximate surface area is 88.1 Å². The minimum absolute atomic E-state index is 0.0591. The van der Waals surface area contributed by atoms with Gasteiger partial charge in [-0.1, -0.05) is 0 Å². The van der Waals surface area contributed by atoms with Crippen LogP contribution in [0.2, 0.25) is 0 Å². The van der Waals surface area contributed by atoms with Crippen molar-refractivity contribution in [2.45, 2.75) is 13.8 Å². The fourth-order valence-electron chi connectivity index (χ4n) is 1.40. The second kappa shape index (κ2) is 4.79. The van der Waals surface area contributed by atoms with Crippen molar-refractivity contribution in [2.24, 2.45) is 0 Å². The van der Waals surface area contributed by atoms with E-state index in [0.717, 1.165) is 0 Å². The van der Waals surface area contributed by atoms with E-state index in [2.05, 4.69) is 10.2 Å². The highest BCUT2D eigenvalue weighted by molar-refractivity contribution is 5.99. The van der Waals surface area contributed by atoms with Gasteiger partial charge in [-0.05, 0) is 13.8 Å². The second-order valence-corrected chi connectivity index (χ2v) is 3.22. The summed E-state index contributed by atoms with van der Waals surface area (Å²) in [6, 6.07) is 0. The van der Waals surface area contributed by atoms with E-state index in [1.54, 1.807) is 6.92 Å². The summed E-state index contributed by atoms with van der Waals surface area (Å²) in [5, 5.41) is 15.2. The Balaban J connectivity index is 2.92. The number of amides is 1. The molecule has 0 atom stereocenters. The van der Waals surface area contributed by atoms with Gasteiger partial charge < -0.3 is 15.7 Å². The van der Waals surface area contributed by atoms with Crippen LogP contribution in [0.25, 0.3) is 0 Å². The van der Waals surface area contributed by atoms with Crippen molar-refractivity contribution < 1.29 is 9.90 Å². The fourth-order valence-corrected chi connectivity index (χ4v) is 1.40. The van der Waals surface area contributed by atoms with Crippen LogP contribution in [0.15, 0.2) is 0 Å². The third-order valence-corrected chi connectivity index (χ3v) is 2.23. The van der Waals surface area contributed by atoms with Crippen LogP contribution >= 0.6 is 0 Å². The summed E-state index contributed by atoms with van der Waals surface area (Å²) in [4.78, 5) is 13.5. The highest BCUT2D eigenvalue weighted by Crippen LogP contribution is 2.14. The van der Waals surface area contributed by atoms with E-state index in [1.807, 2.05) is 6.92 Å². The predicted molar refractivity (Wildman–Crippen MR) is 56.4 cm³/mol. The Morgan fingerprint density at radius 3 is 2.73 bits per heavy atom. The summed E-state index contributed by atoms with van der Waals surface area (Å²) in [5.74, 6) is 0.00388. The number of aliphatic hydroxyl groups is 1. The monoisotopic (exact) mass is 212 g/mol. The molecule has 0 aliphatic rings. The van der Waals surface area contributed by atoms with Crippen LogP contribution < -0.4 is 5.73 Å². The van der Waals surface area contributed by atoms with Gasteiger partial charge in [0, 0.05) is 18.8 Å². The number of nitrogens with two attached hydrogens (primary N) is 1. The minimum Gasteiger partial charge on any atom is -0.395 e. The van der Waals surface area contributed by atoms with E-state index < -0.39 is 0 Å². The van der Waals surface area contributed by atoms with Crippen molar-refractivity contribution in [3.05, 3.63) is 11.3 Å². The number of likely N-dealkylation sites (N-methyl/N-ethyl adjacent to an activating group) is 1. The normalized spacial score (nSPS) is 10.3. The maximum atomic E-state index is 11.9. The van der Waals surface area contributed by atoms with E-state index in [4.69, 9.17) is 10.8 Å². The maximum Gasteiger partial charge on any atom is 0.259 e. The first-order valence-corrected chi connectivity index (χ1v) is 4.82. The van der Waals surface area contributed by atoms with Gasteiger partial charge in [0.1, 0.15) is 5.56 Å². The van der Waals surface area contributed by atoms with Crippen molar-refractivity contribution in [3.8, 4) is 0 Å². The van der Waals surface area contributed by atoms with E-state index in [-0.39, 0.29) is 18.3 Å². The van der Waals surface area contributed by atoms with E-state index in [9.17, 15) is 4.79 Å². The number of H-pyrrole nitrogens is 1. The Morgan fingerprint density at radius 2 is 2.33 bits per heavy atom. The first-order chi connectivity index (χ1) is 7.11. The molecule has 1 aromatic rings. The maximum absolute atomic E-state index is 11.9. The molecule has 84 valence electrons. The van der Waals surface area contributed by atoms with Crippen LogP contribution in [0.4, 0.5) is 5.82 Å². The predicted octanol–water partition coefficient (Wildman–Crippen LogP) is -0.245. The molecule has 0 spiro atoms. The van der Waals surface area contributed by atoms with Crippen LogP contribution in [0.5, 0.6) is 0 Å². The molecule has 0 saturated carbocycles. The number of aryl methyl sites for hydroxylation is 1. The minimum atomic E-state index is -0.199. The zero-order valence-electron chi connectivity index (χ0n) is 8.95. The zero-order valence-corrected chi connectivity index (χ0v) is 8.95. The molecule has 0 aromatic carbocycles. The first kappa shape index (κ1) is 11.5. The number of aromatic amines is 1. The summed E-state index contributed by atoms with van der Waals surface area (Å²) >= 11 is 0. The fraction of sp³-hybridized carbons (Fsp3) is 0.556. The Kier molecular flexibility index (Phi) is 3.68. The SMILES string of the molecule is CCN(CCO)C(=O)c1c(N)n[nH]c1C. The average molecular weight is 212 g/mol. The summed E-state index contributed by atoms with van der Waals surface area (Å²) in [7, 11) is 0. The van der Waals surface area contributed by atoms with E-state index in [1.165, 1.54) is 4.90 Å². The quantitative estimate of drug-likeness (QED) is 0.641. The number of carbonyl (C=O) groups excluding carboxylic acids is 1. The van der Waals surface area contributed by atoms with E-state index in [0.29, 0.717) is 24.3 Å². The lowest BCUT2D eigenvalue weighted by Gasteiger charge is -2.19. The molecule has 0 aliphatic heterocycles. The van der Waals surface area contributed by atoms with Crippen molar-refractivity contribution in [3.63, 3.8) is 0 Å².